The van der Waals surface area contributed by atoms with Crippen LogP contribution in [-0.4, -0.2) is 71.0 Å². The highest BCUT2D eigenvalue weighted by molar-refractivity contribution is 8.14. The molecule has 0 aliphatic carbocycles. The predicted molar refractivity (Wildman–Crippen MR) is 75.0 cm³/mol. The van der Waals surface area contributed by atoms with E-state index in [0.717, 1.165) is 0 Å². The van der Waals surface area contributed by atoms with Gasteiger partial charge in [-0.25, -0.2) is 0 Å². The molecular formula is C11H23N3O4S. The Morgan fingerprint density at radius 3 is 2.89 bits per heavy atom. The fourth-order valence-electron chi connectivity index (χ4n) is 1.80. The minimum atomic E-state index is -0.918. The smallest absolute Gasteiger partial charge is 0.156 e. The molecule has 0 aromatic rings. The second-order valence-corrected chi connectivity index (χ2v) is 5.54. The maximum atomic E-state index is 9.87. The van der Waals surface area contributed by atoms with Gasteiger partial charge in [0.2, 0.25) is 0 Å². The van der Waals surface area contributed by atoms with E-state index in [-0.39, 0.29) is 12.0 Å². The lowest BCUT2D eigenvalue weighted by atomic mass is 10.0. The molecule has 0 aromatic heterocycles. The van der Waals surface area contributed by atoms with Crippen molar-refractivity contribution in [2.24, 2.45) is 10.7 Å². The van der Waals surface area contributed by atoms with Crippen LogP contribution in [0.25, 0.3) is 0 Å². The standard InChI is InChI=1S/C11H23N3O4S/c1-13-11(12)19-9-5-7(16)10(17)8(18-9)6-14-3-2-4-15/h7-10,14-17H,2-6H2,1H3,(H2,12,13)/t7?,8?,9-,10+/m1/s1. The highest BCUT2D eigenvalue weighted by Crippen LogP contribution is 2.27. The van der Waals surface area contributed by atoms with Crippen molar-refractivity contribution < 1.29 is 20.1 Å². The van der Waals surface area contributed by atoms with E-state index in [1.54, 1.807) is 7.05 Å². The van der Waals surface area contributed by atoms with Crippen molar-refractivity contribution in [2.45, 2.75) is 36.6 Å². The fourth-order valence-corrected chi connectivity index (χ4v) is 2.66. The Labute approximate surface area is 117 Å². The third-order valence-corrected chi connectivity index (χ3v) is 3.86. The van der Waals surface area contributed by atoms with Crippen LogP contribution in [0.4, 0.5) is 0 Å². The molecule has 1 saturated heterocycles. The molecule has 0 aromatic carbocycles. The molecule has 8 heteroatoms. The molecule has 1 rings (SSSR count). The Hall–Kier alpha value is -0.380. The zero-order chi connectivity index (χ0) is 14.3. The van der Waals surface area contributed by atoms with E-state index in [0.29, 0.717) is 31.1 Å². The average Bonchev–Trinajstić information content (AvgIpc) is 2.39. The van der Waals surface area contributed by atoms with Gasteiger partial charge in [0.05, 0.1) is 12.2 Å². The van der Waals surface area contributed by atoms with Crippen LogP contribution in [0.15, 0.2) is 4.99 Å². The zero-order valence-electron chi connectivity index (χ0n) is 11.0. The molecule has 1 aliphatic heterocycles. The van der Waals surface area contributed by atoms with Crippen molar-refractivity contribution in [3.63, 3.8) is 0 Å². The second-order valence-electron chi connectivity index (χ2n) is 4.36. The summed E-state index contributed by atoms with van der Waals surface area (Å²) in [5.41, 5.74) is 5.30. The van der Waals surface area contributed by atoms with Gasteiger partial charge in [0.15, 0.2) is 5.17 Å². The molecule has 6 N–H and O–H groups in total. The molecule has 1 heterocycles. The Bertz CT molecular complexity index is 293. The van der Waals surface area contributed by atoms with Crippen molar-refractivity contribution in [1.29, 1.82) is 0 Å². The Morgan fingerprint density at radius 1 is 1.53 bits per heavy atom. The number of amidine groups is 1. The molecule has 1 aliphatic rings. The second kappa shape index (κ2) is 8.72. The van der Waals surface area contributed by atoms with Crippen LogP contribution in [0.5, 0.6) is 0 Å². The van der Waals surface area contributed by atoms with Crippen LogP contribution in [0.1, 0.15) is 12.8 Å². The number of aliphatic imine (C=N–C) groups is 1. The number of rotatable bonds is 6. The lowest BCUT2D eigenvalue weighted by Crippen LogP contribution is -2.51. The van der Waals surface area contributed by atoms with Crippen molar-refractivity contribution in [1.82, 2.24) is 5.32 Å². The first kappa shape index (κ1) is 16.7. The van der Waals surface area contributed by atoms with Gasteiger partial charge in [-0.05, 0) is 13.0 Å². The summed E-state index contributed by atoms with van der Waals surface area (Å²) in [6, 6.07) is 0. The number of hydrogen-bond acceptors (Lipinski definition) is 7. The minimum absolute atomic E-state index is 0.117. The minimum Gasteiger partial charge on any atom is -0.396 e. The molecule has 0 radical (unpaired) electrons. The Balaban J connectivity index is 2.44. The summed E-state index contributed by atoms with van der Waals surface area (Å²) in [5.74, 6) is 0. The molecular weight excluding hydrogens is 270 g/mol. The summed E-state index contributed by atoms with van der Waals surface area (Å²) >= 11 is 1.24. The number of nitrogens with one attached hydrogen (secondary N) is 1. The molecule has 112 valence electrons. The molecule has 2 unspecified atom stereocenters. The molecule has 0 saturated carbocycles. The largest absolute Gasteiger partial charge is 0.396 e. The number of aliphatic hydroxyl groups is 3. The first-order valence-corrected chi connectivity index (χ1v) is 7.18. The molecule has 0 spiro atoms. The van der Waals surface area contributed by atoms with E-state index < -0.39 is 18.3 Å². The Kier molecular flexibility index (Phi) is 7.66. The third-order valence-electron chi connectivity index (χ3n) is 2.87. The summed E-state index contributed by atoms with van der Waals surface area (Å²) in [7, 11) is 1.59. The topological polar surface area (TPSA) is 120 Å². The summed E-state index contributed by atoms with van der Waals surface area (Å²) < 4.78 is 5.69. The number of ether oxygens (including phenoxy) is 1. The van der Waals surface area contributed by atoms with Crippen molar-refractivity contribution in [3.05, 3.63) is 0 Å². The first-order valence-electron chi connectivity index (χ1n) is 6.30. The van der Waals surface area contributed by atoms with Crippen molar-refractivity contribution >= 4 is 16.9 Å². The highest BCUT2D eigenvalue weighted by atomic mass is 32.2. The van der Waals surface area contributed by atoms with Gasteiger partial charge in [0, 0.05) is 26.6 Å². The van der Waals surface area contributed by atoms with Crippen LogP contribution in [0.2, 0.25) is 0 Å². The summed E-state index contributed by atoms with van der Waals surface area (Å²) in [6.45, 7) is 1.17. The normalized spacial score (nSPS) is 32.5. The fraction of sp³-hybridized carbons (Fsp3) is 0.909. The first-order chi connectivity index (χ1) is 9.08. The molecule has 19 heavy (non-hydrogen) atoms. The van der Waals surface area contributed by atoms with E-state index in [1.807, 2.05) is 0 Å². The molecule has 0 amide bonds. The van der Waals surface area contributed by atoms with Crippen LogP contribution in [0.3, 0.4) is 0 Å². The number of aliphatic hydroxyl groups excluding tert-OH is 3. The van der Waals surface area contributed by atoms with Gasteiger partial charge in [-0.15, -0.1) is 0 Å². The molecule has 0 bridgehead atoms. The van der Waals surface area contributed by atoms with Crippen LogP contribution in [0, 0.1) is 0 Å². The zero-order valence-corrected chi connectivity index (χ0v) is 11.8. The molecule has 7 nitrogen and oxygen atoms in total. The lowest BCUT2D eigenvalue weighted by molar-refractivity contribution is -0.142. The summed E-state index contributed by atoms with van der Waals surface area (Å²) in [6.07, 6.45) is -1.29. The maximum Gasteiger partial charge on any atom is 0.156 e. The number of nitrogens with two attached hydrogens (primary N) is 1. The molecule has 4 atom stereocenters. The van der Waals surface area contributed by atoms with Crippen molar-refractivity contribution in [2.75, 3.05) is 26.7 Å². The van der Waals surface area contributed by atoms with Gasteiger partial charge in [0.25, 0.3) is 0 Å². The van der Waals surface area contributed by atoms with E-state index in [2.05, 4.69) is 10.3 Å². The lowest BCUT2D eigenvalue weighted by Gasteiger charge is -2.36. The van der Waals surface area contributed by atoms with Crippen LogP contribution >= 0.6 is 11.8 Å². The van der Waals surface area contributed by atoms with Crippen molar-refractivity contribution in [3.8, 4) is 0 Å². The van der Waals surface area contributed by atoms with Gasteiger partial charge in [0.1, 0.15) is 11.5 Å². The van der Waals surface area contributed by atoms with Gasteiger partial charge in [-0.3, -0.25) is 4.99 Å². The van der Waals surface area contributed by atoms with E-state index in [9.17, 15) is 10.2 Å². The third kappa shape index (κ3) is 5.64. The van der Waals surface area contributed by atoms with Gasteiger partial charge >= 0.3 is 0 Å². The van der Waals surface area contributed by atoms with Gasteiger partial charge < -0.3 is 31.1 Å². The number of hydrogen-bond donors (Lipinski definition) is 5. The predicted octanol–water partition coefficient (Wildman–Crippen LogP) is -1.53. The Morgan fingerprint density at radius 2 is 2.26 bits per heavy atom. The van der Waals surface area contributed by atoms with E-state index in [1.165, 1.54) is 11.8 Å². The van der Waals surface area contributed by atoms with Gasteiger partial charge in [-0.1, -0.05) is 11.8 Å². The van der Waals surface area contributed by atoms with Crippen LogP contribution < -0.4 is 11.1 Å². The summed E-state index contributed by atoms with van der Waals surface area (Å²) in [4.78, 5) is 3.83. The van der Waals surface area contributed by atoms with Gasteiger partial charge in [-0.2, -0.15) is 0 Å². The number of nitrogens with zero attached hydrogens (tertiary/aromatic N) is 1. The summed E-state index contributed by atoms with van der Waals surface area (Å²) in [5, 5.41) is 31.8. The monoisotopic (exact) mass is 293 g/mol. The maximum absolute atomic E-state index is 9.87. The quantitative estimate of drug-likeness (QED) is 0.229. The molecule has 1 fully saturated rings. The SMILES string of the molecule is CN=C(N)S[C@@H]1CC(O)[C@H](O)C(CNCCCO)O1. The van der Waals surface area contributed by atoms with E-state index in [4.69, 9.17) is 15.6 Å². The van der Waals surface area contributed by atoms with Crippen LogP contribution in [-0.2, 0) is 4.74 Å². The van der Waals surface area contributed by atoms with E-state index >= 15 is 0 Å². The highest BCUT2D eigenvalue weighted by Gasteiger charge is 2.37. The average molecular weight is 293 g/mol. The number of thioether (sulfide) groups is 1.